The van der Waals surface area contributed by atoms with Crippen LogP contribution >= 0.6 is 0 Å². The molecule has 3 rings (SSSR count). The van der Waals surface area contributed by atoms with Gasteiger partial charge < -0.3 is 10.2 Å². The number of carbonyl (C=O) groups excluding carboxylic acids is 1. The SMILES string of the molecule is CNCC1CCCN1C(=O)Cc1c(C)nc2ccccc2c1C. The normalized spacial score (nSPS) is 17.9. The van der Waals surface area contributed by atoms with Crippen LogP contribution in [0.4, 0.5) is 0 Å². The lowest BCUT2D eigenvalue weighted by molar-refractivity contribution is -0.131. The van der Waals surface area contributed by atoms with E-state index in [0.717, 1.165) is 48.1 Å². The molecule has 0 saturated carbocycles. The number of nitrogens with zero attached hydrogens (tertiary/aromatic N) is 2. The van der Waals surface area contributed by atoms with E-state index in [1.807, 2.05) is 37.1 Å². The number of carbonyl (C=O) groups is 1. The van der Waals surface area contributed by atoms with E-state index >= 15 is 0 Å². The maximum atomic E-state index is 12.8. The van der Waals surface area contributed by atoms with Crippen LogP contribution in [0.3, 0.4) is 0 Å². The van der Waals surface area contributed by atoms with Gasteiger partial charge in [0.05, 0.1) is 11.9 Å². The highest BCUT2D eigenvalue weighted by atomic mass is 16.2. The Morgan fingerprint density at radius 2 is 2.13 bits per heavy atom. The number of likely N-dealkylation sites (tertiary alicyclic amines) is 1. The summed E-state index contributed by atoms with van der Waals surface area (Å²) in [6, 6.07) is 8.49. The maximum absolute atomic E-state index is 12.8. The van der Waals surface area contributed by atoms with Crippen LogP contribution in [0.2, 0.25) is 0 Å². The standard InChI is InChI=1S/C19H25N3O/c1-13-16-8-4-5-9-18(16)21-14(2)17(13)11-19(23)22-10-6-7-15(22)12-20-3/h4-5,8-9,15,20H,6-7,10-12H2,1-3H3. The van der Waals surface area contributed by atoms with E-state index in [0.29, 0.717) is 12.5 Å². The Bertz CT molecular complexity index is 726. The van der Waals surface area contributed by atoms with Crippen molar-refractivity contribution >= 4 is 16.8 Å². The minimum atomic E-state index is 0.228. The van der Waals surface area contributed by atoms with E-state index in [9.17, 15) is 4.79 Å². The number of hydrogen-bond donors (Lipinski definition) is 1. The van der Waals surface area contributed by atoms with Crippen molar-refractivity contribution in [3.05, 3.63) is 41.1 Å². The van der Waals surface area contributed by atoms with E-state index in [1.165, 1.54) is 5.56 Å². The molecule has 2 aromatic rings. The van der Waals surface area contributed by atoms with E-state index in [-0.39, 0.29) is 5.91 Å². The van der Waals surface area contributed by atoms with Gasteiger partial charge >= 0.3 is 0 Å². The van der Waals surface area contributed by atoms with Crippen molar-refractivity contribution in [2.75, 3.05) is 20.1 Å². The molecule has 1 aliphatic heterocycles. The third-order valence-electron chi connectivity index (χ3n) is 4.95. The molecule has 122 valence electrons. The molecule has 4 nitrogen and oxygen atoms in total. The summed E-state index contributed by atoms with van der Waals surface area (Å²) in [5.74, 6) is 0.228. The number of aromatic nitrogens is 1. The quantitative estimate of drug-likeness (QED) is 0.944. The highest BCUT2D eigenvalue weighted by Gasteiger charge is 2.28. The Labute approximate surface area is 137 Å². The minimum Gasteiger partial charge on any atom is -0.338 e. The predicted octanol–water partition coefficient (Wildman–Crippen LogP) is 2.60. The summed E-state index contributed by atoms with van der Waals surface area (Å²) < 4.78 is 0. The second kappa shape index (κ2) is 6.67. The van der Waals surface area contributed by atoms with Gasteiger partial charge in [-0.1, -0.05) is 18.2 Å². The van der Waals surface area contributed by atoms with Gasteiger partial charge in [0.25, 0.3) is 0 Å². The molecule has 23 heavy (non-hydrogen) atoms. The van der Waals surface area contributed by atoms with E-state index in [1.54, 1.807) is 0 Å². The molecule has 1 aromatic carbocycles. The second-order valence-electron chi connectivity index (χ2n) is 6.44. The van der Waals surface area contributed by atoms with Gasteiger partial charge in [0.2, 0.25) is 5.91 Å². The van der Waals surface area contributed by atoms with Gasteiger partial charge in [-0.25, -0.2) is 0 Å². The molecule has 1 unspecified atom stereocenters. The zero-order valence-electron chi connectivity index (χ0n) is 14.2. The van der Waals surface area contributed by atoms with Crippen LogP contribution in [-0.2, 0) is 11.2 Å². The van der Waals surface area contributed by atoms with Gasteiger partial charge in [0, 0.05) is 30.2 Å². The lowest BCUT2D eigenvalue weighted by Gasteiger charge is -2.25. The maximum Gasteiger partial charge on any atom is 0.227 e. The Balaban J connectivity index is 1.88. The smallest absolute Gasteiger partial charge is 0.227 e. The zero-order valence-corrected chi connectivity index (χ0v) is 14.2. The highest BCUT2D eigenvalue weighted by Crippen LogP contribution is 2.25. The van der Waals surface area contributed by atoms with Crippen LogP contribution in [0.15, 0.2) is 24.3 Å². The molecule has 0 bridgehead atoms. The zero-order chi connectivity index (χ0) is 16.4. The molecule has 1 fully saturated rings. The molecule has 1 N–H and O–H groups in total. The summed E-state index contributed by atoms with van der Waals surface area (Å²) in [6.45, 7) is 5.87. The first kappa shape index (κ1) is 15.9. The fourth-order valence-electron chi connectivity index (χ4n) is 3.70. The number of nitrogens with one attached hydrogen (secondary N) is 1. The summed E-state index contributed by atoms with van der Waals surface area (Å²) in [7, 11) is 1.95. The molecule has 1 amide bonds. The molecule has 0 radical (unpaired) electrons. The lowest BCUT2D eigenvalue weighted by Crippen LogP contribution is -2.41. The fourth-order valence-corrected chi connectivity index (χ4v) is 3.70. The van der Waals surface area contributed by atoms with Crippen molar-refractivity contribution < 1.29 is 4.79 Å². The topological polar surface area (TPSA) is 45.2 Å². The first-order valence-electron chi connectivity index (χ1n) is 8.40. The third-order valence-corrected chi connectivity index (χ3v) is 4.95. The highest BCUT2D eigenvalue weighted by molar-refractivity contribution is 5.86. The average molecular weight is 311 g/mol. The van der Waals surface area contributed by atoms with Gasteiger partial charge in [-0.2, -0.15) is 0 Å². The Kier molecular flexibility index (Phi) is 4.62. The van der Waals surface area contributed by atoms with Gasteiger partial charge in [-0.15, -0.1) is 0 Å². The Morgan fingerprint density at radius 3 is 2.91 bits per heavy atom. The number of likely N-dealkylation sites (N-methyl/N-ethyl adjacent to an activating group) is 1. The number of amides is 1. The molecular weight excluding hydrogens is 286 g/mol. The first-order chi connectivity index (χ1) is 11.1. The fraction of sp³-hybridized carbons (Fsp3) is 0.474. The van der Waals surface area contributed by atoms with Crippen LogP contribution in [0, 0.1) is 13.8 Å². The number of para-hydroxylation sites is 1. The molecule has 2 heterocycles. The number of hydrogen-bond acceptors (Lipinski definition) is 3. The molecule has 0 aliphatic carbocycles. The van der Waals surface area contributed by atoms with Crippen molar-refractivity contribution in [3.8, 4) is 0 Å². The minimum absolute atomic E-state index is 0.228. The van der Waals surface area contributed by atoms with Crippen LogP contribution < -0.4 is 5.32 Å². The summed E-state index contributed by atoms with van der Waals surface area (Å²) in [6.07, 6.45) is 2.66. The Hall–Kier alpha value is -1.94. The molecule has 1 saturated heterocycles. The summed E-state index contributed by atoms with van der Waals surface area (Å²) >= 11 is 0. The van der Waals surface area contributed by atoms with Gasteiger partial charge in [0.15, 0.2) is 0 Å². The Morgan fingerprint density at radius 1 is 1.35 bits per heavy atom. The molecule has 1 aliphatic rings. The number of rotatable bonds is 4. The number of benzene rings is 1. The molecule has 1 aromatic heterocycles. The predicted molar refractivity (Wildman–Crippen MR) is 93.6 cm³/mol. The van der Waals surface area contributed by atoms with Crippen molar-refractivity contribution in [1.29, 1.82) is 0 Å². The first-order valence-corrected chi connectivity index (χ1v) is 8.40. The van der Waals surface area contributed by atoms with Crippen LogP contribution in [0.25, 0.3) is 10.9 Å². The summed E-state index contributed by atoms with van der Waals surface area (Å²) in [4.78, 5) is 19.5. The van der Waals surface area contributed by atoms with Crippen molar-refractivity contribution in [1.82, 2.24) is 15.2 Å². The lowest BCUT2D eigenvalue weighted by atomic mass is 9.99. The molecule has 1 atom stereocenters. The largest absolute Gasteiger partial charge is 0.338 e. The number of fused-ring (bicyclic) bond motifs is 1. The van der Waals surface area contributed by atoms with E-state index in [4.69, 9.17) is 0 Å². The van der Waals surface area contributed by atoms with E-state index in [2.05, 4.69) is 23.3 Å². The third kappa shape index (κ3) is 3.08. The van der Waals surface area contributed by atoms with Crippen molar-refractivity contribution in [2.45, 2.75) is 39.2 Å². The van der Waals surface area contributed by atoms with Gasteiger partial charge in [-0.3, -0.25) is 9.78 Å². The van der Waals surface area contributed by atoms with Crippen LogP contribution in [0.1, 0.15) is 29.7 Å². The molecule has 4 heteroatoms. The van der Waals surface area contributed by atoms with Crippen LogP contribution in [-0.4, -0.2) is 42.0 Å². The summed E-state index contributed by atoms with van der Waals surface area (Å²) in [5, 5.41) is 4.35. The van der Waals surface area contributed by atoms with Crippen molar-refractivity contribution in [2.24, 2.45) is 0 Å². The number of aryl methyl sites for hydroxylation is 2. The summed E-state index contributed by atoms with van der Waals surface area (Å²) in [5.41, 5.74) is 4.25. The second-order valence-corrected chi connectivity index (χ2v) is 6.44. The average Bonchev–Trinajstić information content (AvgIpc) is 3.00. The van der Waals surface area contributed by atoms with Crippen LogP contribution in [0.5, 0.6) is 0 Å². The van der Waals surface area contributed by atoms with Gasteiger partial charge in [-0.05, 0) is 50.9 Å². The van der Waals surface area contributed by atoms with Gasteiger partial charge in [0.1, 0.15) is 0 Å². The van der Waals surface area contributed by atoms with Crippen molar-refractivity contribution in [3.63, 3.8) is 0 Å². The molecule has 0 spiro atoms. The number of pyridine rings is 1. The van der Waals surface area contributed by atoms with E-state index < -0.39 is 0 Å². The monoisotopic (exact) mass is 311 g/mol. The molecular formula is C19H25N3O.